The van der Waals surface area contributed by atoms with Crippen LogP contribution in [0.5, 0.6) is 0 Å². The quantitative estimate of drug-likeness (QED) is 0.683. The summed E-state index contributed by atoms with van der Waals surface area (Å²) in [5.41, 5.74) is -0.656. The first-order valence-electron chi connectivity index (χ1n) is 5.72. The van der Waals surface area contributed by atoms with Crippen LogP contribution in [0.2, 0.25) is 0 Å². The fourth-order valence-electron chi connectivity index (χ4n) is 1.84. The largest absolute Gasteiger partial charge is 1.00 e. The fraction of sp³-hybridized carbons (Fsp3) is 0.462. The first-order chi connectivity index (χ1) is 8.21. The molecule has 0 heterocycles. The van der Waals surface area contributed by atoms with Gasteiger partial charge in [-0.25, -0.2) is 0 Å². The fourth-order valence-corrected chi connectivity index (χ4v) is 1.84. The van der Waals surface area contributed by atoms with E-state index in [1.165, 1.54) is 12.1 Å². The summed E-state index contributed by atoms with van der Waals surface area (Å²) in [5, 5.41) is 0. The van der Waals surface area contributed by atoms with E-state index in [0.29, 0.717) is 6.54 Å². The lowest BCUT2D eigenvalue weighted by Crippen LogP contribution is -3.06. The van der Waals surface area contributed by atoms with Crippen LogP contribution in [0, 0.1) is 5.92 Å². The van der Waals surface area contributed by atoms with Crippen molar-refractivity contribution >= 4 is 5.78 Å². The van der Waals surface area contributed by atoms with Crippen LogP contribution < -0.4 is 17.3 Å². The Balaban J connectivity index is 0.00000324. The maximum Gasteiger partial charge on any atom is 0.416 e. The Bertz CT molecular complexity index is 432. The second kappa shape index (κ2) is 6.91. The molecular formula is C13H17ClF3NO. The van der Waals surface area contributed by atoms with Gasteiger partial charge in [0.1, 0.15) is 0 Å². The van der Waals surface area contributed by atoms with E-state index < -0.39 is 11.7 Å². The molecule has 19 heavy (non-hydrogen) atoms. The SMILES string of the molecule is CC(C[NH+](C)C)C(=O)c1cccc(C(F)(F)F)c1.[Cl-]. The molecule has 2 nitrogen and oxygen atoms in total. The molecule has 0 saturated carbocycles. The number of rotatable bonds is 4. The van der Waals surface area contributed by atoms with Crippen LogP contribution in [0.15, 0.2) is 24.3 Å². The molecule has 1 atom stereocenters. The average molecular weight is 296 g/mol. The molecule has 1 aromatic carbocycles. The first-order valence-corrected chi connectivity index (χ1v) is 5.72. The molecule has 6 heteroatoms. The van der Waals surface area contributed by atoms with Gasteiger partial charge in [-0.3, -0.25) is 4.79 Å². The molecule has 1 rings (SSSR count). The third kappa shape index (κ3) is 5.20. The summed E-state index contributed by atoms with van der Waals surface area (Å²) in [7, 11) is 3.80. The Morgan fingerprint density at radius 2 is 1.89 bits per heavy atom. The van der Waals surface area contributed by atoms with Crippen LogP contribution in [0.1, 0.15) is 22.8 Å². The first kappa shape index (κ1) is 17.9. The van der Waals surface area contributed by atoms with Gasteiger partial charge < -0.3 is 17.3 Å². The van der Waals surface area contributed by atoms with Gasteiger partial charge in [-0.1, -0.05) is 12.1 Å². The lowest BCUT2D eigenvalue weighted by atomic mass is 9.97. The summed E-state index contributed by atoms with van der Waals surface area (Å²) in [5.74, 6) is -0.541. The summed E-state index contributed by atoms with van der Waals surface area (Å²) in [6, 6.07) is 4.59. The molecular weight excluding hydrogens is 279 g/mol. The Morgan fingerprint density at radius 1 is 1.32 bits per heavy atom. The zero-order valence-electron chi connectivity index (χ0n) is 11.0. The van der Waals surface area contributed by atoms with Gasteiger partial charge in [0.25, 0.3) is 0 Å². The monoisotopic (exact) mass is 295 g/mol. The van der Waals surface area contributed by atoms with Gasteiger partial charge in [-0.2, -0.15) is 13.2 Å². The maximum absolute atomic E-state index is 12.5. The van der Waals surface area contributed by atoms with Crippen LogP contribution >= 0.6 is 0 Å². The van der Waals surface area contributed by atoms with Crippen molar-refractivity contribution in [1.82, 2.24) is 0 Å². The molecule has 0 aromatic heterocycles. The summed E-state index contributed by atoms with van der Waals surface area (Å²) in [4.78, 5) is 13.1. The predicted molar refractivity (Wildman–Crippen MR) is 62.6 cm³/mol. The van der Waals surface area contributed by atoms with E-state index in [0.717, 1.165) is 17.0 Å². The van der Waals surface area contributed by atoms with Crippen molar-refractivity contribution in [3.63, 3.8) is 0 Å². The van der Waals surface area contributed by atoms with E-state index in [9.17, 15) is 18.0 Å². The Kier molecular flexibility index (Phi) is 6.52. The highest BCUT2D eigenvalue weighted by Crippen LogP contribution is 2.29. The lowest BCUT2D eigenvalue weighted by molar-refractivity contribution is -0.860. The van der Waals surface area contributed by atoms with Crippen molar-refractivity contribution in [3.05, 3.63) is 35.4 Å². The minimum atomic E-state index is -4.41. The van der Waals surface area contributed by atoms with Crippen molar-refractivity contribution in [2.45, 2.75) is 13.1 Å². The number of quaternary nitrogens is 1. The molecule has 0 amide bonds. The highest BCUT2D eigenvalue weighted by Gasteiger charge is 2.31. The second-order valence-corrected chi connectivity index (χ2v) is 4.76. The van der Waals surface area contributed by atoms with Crippen molar-refractivity contribution in [3.8, 4) is 0 Å². The second-order valence-electron chi connectivity index (χ2n) is 4.76. The normalized spacial score (nSPS) is 13.0. The summed E-state index contributed by atoms with van der Waals surface area (Å²) >= 11 is 0. The zero-order chi connectivity index (χ0) is 13.9. The van der Waals surface area contributed by atoms with Gasteiger partial charge in [0.15, 0.2) is 5.78 Å². The highest BCUT2D eigenvalue weighted by atomic mass is 35.5. The van der Waals surface area contributed by atoms with Crippen LogP contribution in [0.25, 0.3) is 0 Å². The molecule has 0 aliphatic rings. The predicted octanol–water partition coefficient (Wildman–Crippen LogP) is -1.33. The molecule has 1 unspecified atom stereocenters. The number of hydrogen-bond acceptors (Lipinski definition) is 1. The summed E-state index contributed by atoms with van der Waals surface area (Å²) < 4.78 is 37.6. The molecule has 108 valence electrons. The smallest absolute Gasteiger partial charge is 0.416 e. The molecule has 1 aromatic rings. The molecule has 0 aliphatic heterocycles. The number of alkyl halides is 3. The minimum absolute atomic E-state index is 0. The minimum Gasteiger partial charge on any atom is -1.00 e. The number of Topliss-reactive ketones (excluding diaryl/α,β-unsaturated/α-hetero) is 1. The standard InChI is InChI=1S/C13H16F3NO.ClH/c1-9(8-17(2)3)12(18)10-5-4-6-11(7-10)13(14,15)16;/h4-7,9H,8H2,1-3H3;1H. The lowest BCUT2D eigenvalue weighted by Gasteiger charge is -2.14. The molecule has 0 radical (unpaired) electrons. The zero-order valence-corrected chi connectivity index (χ0v) is 11.8. The third-order valence-electron chi connectivity index (χ3n) is 2.64. The van der Waals surface area contributed by atoms with E-state index >= 15 is 0 Å². The summed E-state index contributed by atoms with van der Waals surface area (Å²) in [6.07, 6.45) is -4.41. The average Bonchev–Trinajstić information content (AvgIpc) is 2.26. The van der Waals surface area contributed by atoms with Crippen LogP contribution in [0.4, 0.5) is 13.2 Å². The van der Waals surface area contributed by atoms with E-state index in [-0.39, 0.29) is 29.7 Å². The Hall–Kier alpha value is -1.07. The number of carbonyl (C=O) groups is 1. The van der Waals surface area contributed by atoms with Gasteiger partial charge in [0.2, 0.25) is 0 Å². The van der Waals surface area contributed by atoms with Crippen molar-refractivity contribution in [2.75, 3.05) is 20.6 Å². The van der Waals surface area contributed by atoms with Gasteiger partial charge in [-0.05, 0) is 19.1 Å². The summed E-state index contributed by atoms with van der Waals surface area (Å²) in [6.45, 7) is 2.32. The van der Waals surface area contributed by atoms with Crippen molar-refractivity contribution in [2.24, 2.45) is 5.92 Å². The van der Waals surface area contributed by atoms with Crippen molar-refractivity contribution in [1.29, 1.82) is 0 Å². The molecule has 1 N–H and O–H groups in total. The number of nitrogens with one attached hydrogen (secondary N) is 1. The van der Waals surface area contributed by atoms with E-state index in [4.69, 9.17) is 0 Å². The molecule has 0 spiro atoms. The van der Waals surface area contributed by atoms with Gasteiger partial charge in [0, 0.05) is 5.56 Å². The van der Waals surface area contributed by atoms with Crippen LogP contribution in [-0.4, -0.2) is 26.4 Å². The van der Waals surface area contributed by atoms with E-state index in [1.54, 1.807) is 6.92 Å². The number of benzene rings is 1. The van der Waals surface area contributed by atoms with Gasteiger partial charge in [-0.15, -0.1) is 0 Å². The van der Waals surface area contributed by atoms with Gasteiger partial charge >= 0.3 is 6.18 Å². The van der Waals surface area contributed by atoms with E-state index in [1.807, 2.05) is 14.1 Å². The van der Waals surface area contributed by atoms with Crippen LogP contribution in [0.3, 0.4) is 0 Å². The third-order valence-corrected chi connectivity index (χ3v) is 2.64. The molecule has 0 bridgehead atoms. The highest BCUT2D eigenvalue weighted by molar-refractivity contribution is 5.97. The number of carbonyl (C=O) groups excluding carboxylic acids is 1. The number of ketones is 1. The van der Waals surface area contributed by atoms with Gasteiger partial charge in [0.05, 0.1) is 32.1 Å². The van der Waals surface area contributed by atoms with Crippen molar-refractivity contribution < 1.29 is 35.3 Å². The number of halogens is 4. The molecule has 0 fully saturated rings. The molecule has 0 aliphatic carbocycles. The topological polar surface area (TPSA) is 21.5 Å². The Morgan fingerprint density at radius 3 is 2.37 bits per heavy atom. The maximum atomic E-state index is 12.5. The van der Waals surface area contributed by atoms with Crippen LogP contribution in [-0.2, 0) is 6.18 Å². The molecule has 0 saturated heterocycles. The Labute approximate surface area is 117 Å². The number of hydrogen-bond donors (Lipinski definition) is 1. The van der Waals surface area contributed by atoms with E-state index in [2.05, 4.69) is 0 Å².